The standard InChI is InChI=1S/2C14H14O2/c2*1-9-5-3-7-11(13(9)15)12-8-4-6-10(2)14(12)16/h2*3-8,15-16H,1-2H3. The topological polar surface area (TPSA) is 80.9 Å². The van der Waals surface area contributed by atoms with Crippen molar-refractivity contribution in [3.8, 4) is 45.3 Å². The van der Waals surface area contributed by atoms with Crippen molar-refractivity contribution < 1.29 is 20.4 Å². The third kappa shape index (κ3) is 4.54. The molecule has 0 aromatic heterocycles. The van der Waals surface area contributed by atoms with Gasteiger partial charge in [0.25, 0.3) is 0 Å². The Morgan fingerprint density at radius 3 is 0.719 bits per heavy atom. The number of benzene rings is 4. The molecule has 4 aromatic rings. The molecule has 4 heteroatoms. The van der Waals surface area contributed by atoms with Crippen LogP contribution < -0.4 is 0 Å². The molecule has 0 spiro atoms. The van der Waals surface area contributed by atoms with Crippen molar-refractivity contribution >= 4 is 0 Å². The Hall–Kier alpha value is -3.92. The van der Waals surface area contributed by atoms with Crippen LogP contribution in [0.3, 0.4) is 0 Å². The molecular weight excluding hydrogens is 400 g/mol. The van der Waals surface area contributed by atoms with Crippen LogP contribution in [0.2, 0.25) is 0 Å². The van der Waals surface area contributed by atoms with Crippen LogP contribution in [0.5, 0.6) is 23.0 Å². The maximum absolute atomic E-state index is 9.96. The van der Waals surface area contributed by atoms with Crippen molar-refractivity contribution in [3.63, 3.8) is 0 Å². The summed E-state index contributed by atoms with van der Waals surface area (Å²) in [6.07, 6.45) is 0. The Kier molecular flexibility index (Phi) is 6.74. The first-order chi connectivity index (χ1) is 15.2. The predicted molar refractivity (Wildman–Crippen MR) is 129 cm³/mol. The third-order valence-corrected chi connectivity index (χ3v) is 5.53. The second-order valence-corrected chi connectivity index (χ2v) is 7.88. The van der Waals surface area contributed by atoms with E-state index in [0.717, 1.165) is 22.3 Å². The summed E-state index contributed by atoms with van der Waals surface area (Å²) >= 11 is 0. The largest absolute Gasteiger partial charge is 0.507 e. The van der Waals surface area contributed by atoms with E-state index in [0.29, 0.717) is 22.3 Å². The van der Waals surface area contributed by atoms with Crippen molar-refractivity contribution in [1.82, 2.24) is 0 Å². The van der Waals surface area contributed by atoms with Crippen LogP contribution in [0, 0.1) is 27.7 Å². The number of phenols is 4. The van der Waals surface area contributed by atoms with Crippen LogP contribution in [0.25, 0.3) is 22.3 Å². The van der Waals surface area contributed by atoms with E-state index in [1.54, 1.807) is 24.3 Å². The molecule has 0 saturated heterocycles. The van der Waals surface area contributed by atoms with Gasteiger partial charge in [0.05, 0.1) is 0 Å². The summed E-state index contributed by atoms with van der Waals surface area (Å²) in [5.41, 5.74) is 5.89. The molecule has 32 heavy (non-hydrogen) atoms. The average molecular weight is 429 g/mol. The fourth-order valence-electron chi connectivity index (χ4n) is 3.51. The summed E-state index contributed by atoms with van der Waals surface area (Å²) < 4.78 is 0. The van der Waals surface area contributed by atoms with E-state index in [1.165, 1.54) is 0 Å². The Balaban J connectivity index is 0.000000181. The van der Waals surface area contributed by atoms with Gasteiger partial charge in [0.15, 0.2) is 0 Å². The number of hydrogen-bond donors (Lipinski definition) is 4. The molecule has 0 amide bonds. The minimum atomic E-state index is 0.225. The maximum atomic E-state index is 9.96. The molecule has 0 radical (unpaired) electrons. The predicted octanol–water partition coefficient (Wildman–Crippen LogP) is 6.76. The first-order valence-electron chi connectivity index (χ1n) is 10.4. The van der Waals surface area contributed by atoms with Crippen molar-refractivity contribution in [3.05, 3.63) is 95.1 Å². The highest BCUT2D eigenvalue weighted by Gasteiger charge is 2.12. The molecule has 4 rings (SSSR count). The van der Waals surface area contributed by atoms with Gasteiger partial charge in [-0.15, -0.1) is 0 Å². The summed E-state index contributed by atoms with van der Waals surface area (Å²) in [5.74, 6) is 0.901. The molecule has 164 valence electrons. The highest BCUT2D eigenvalue weighted by molar-refractivity contribution is 5.78. The lowest BCUT2D eigenvalue weighted by Crippen LogP contribution is -1.85. The molecule has 4 aromatic carbocycles. The summed E-state index contributed by atoms with van der Waals surface area (Å²) in [7, 11) is 0. The quantitative estimate of drug-likeness (QED) is 0.284. The Labute approximate surface area is 188 Å². The van der Waals surface area contributed by atoms with Gasteiger partial charge in [-0.05, 0) is 49.9 Å². The first-order valence-corrected chi connectivity index (χ1v) is 10.4. The fraction of sp³-hybridized carbons (Fsp3) is 0.143. The molecule has 0 heterocycles. The molecule has 0 unspecified atom stereocenters. The second kappa shape index (κ2) is 9.48. The number of aromatic hydroxyl groups is 4. The highest BCUT2D eigenvalue weighted by atomic mass is 16.3. The third-order valence-electron chi connectivity index (χ3n) is 5.53. The van der Waals surface area contributed by atoms with Gasteiger partial charge in [-0.3, -0.25) is 0 Å². The molecule has 0 aliphatic carbocycles. The Morgan fingerprint density at radius 2 is 0.531 bits per heavy atom. The van der Waals surface area contributed by atoms with Crippen LogP contribution >= 0.6 is 0 Å². The smallest absolute Gasteiger partial charge is 0.126 e. The maximum Gasteiger partial charge on any atom is 0.126 e. The zero-order chi connectivity index (χ0) is 23.4. The van der Waals surface area contributed by atoms with E-state index >= 15 is 0 Å². The van der Waals surface area contributed by atoms with Gasteiger partial charge in [0.1, 0.15) is 23.0 Å². The van der Waals surface area contributed by atoms with Crippen LogP contribution in [0.4, 0.5) is 0 Å². The van der Waals surface area contributed by atoms with Crippen molar-refractivity contribution in [1.29, 1.82) is 0 Å². The number of hydrogen-bond acceptors (Lipinski definition) is 4. The van der Waals surface area contributed by atoms with Crippen molar-refractivity contribution in [2.45, 2.75) is 27.7 Å². The van der Waals surface area contributed by atoms with Gasteiger partial charge in [-0.1, -0.05) is 72.8 Å². The van der Waals surface area contributed by atoms with Gasteiger partial charge < -0.3 is 20.4 Å². The van der Waals surface area contributed by atoms with Crippen LogP contribution in [0.15, 0.2) is 72.8 Å². The summed E-state index contributed by atoms with van der Waals surface area (Å²) in [4.78, 5) is 0. The van der Waals surface area contributed by atoms with E-state index in [9.17, 15) is 20.4 Å². The Morgan fingerprint density at radius 1 is 0.344 bits per heavy atom. The average Bonchev–Trinajstić information content (AvgIpc) is 2.77. The second-order valence-electron chi connectivity index (χ2n) is 7.88. The zero-order valence-electron chi connectivity index (χ0n) is 18.7. The normalized spacial score (nSPS) is 10.4. The van der Waals surface area contributed by atoms with Crippen molar-refractivity contribution in [2.75, 3.05) is 0 Å². The van der Waals surface area contributed by atoms with Gasteiger partial charge in [0, 0.05) is 22.3 Å². The van der Waals surface area contributed by atoms with E-state index < -0.39 is 0 Å². The van der Waals surface area contributed by atoms with E-state index in [1.807, 2.05) is 76.2 Å². The summed E-state index contributed by atoms with van der Waals surface area (Å²) in [5, 5.41) is 39.8. The molecule has 0 atom stereocenters. The molecule has 0 aliphatic heterocycles. The van der Waals surface area contributed by atoms with Crippen LogP contribution in [-0.2, 0) is 0 Å². The number of phenolic OH excluding ortho intramolecular Hbond substituents is 4. The van der Waals surface area contributed by atoms with Gasteiger partial charge in [-0.2, -0.15) is 0 Å². The van der Waals surface area contributed by atoms with Crippen LogP contribution in [0.1, 0.15) is 22.3 Å². The molecule has 0 fully saturated rings. The first kappa shape index (κ1) is 22.8. The Bertz CT molecular complexity index is 1060. The van der Waals surface area contributed by atoms with E-state index in [4.69, 9.17) is 0 Å². The number of rotatable bonds is 2. The molecule has 4 N–H and O–H groups in total. The molecule has 0 aliphatic rings. The number of para-hydroxylation sites is 4. The lowest BCUT2D eigenvalue weighted by Gasteiger charge is -2.10. The summed E-state index contributed by atoms with van der Waals surface area (Å²) in [6.45, 7) is 7.36. The monoisotopic (exact) mass is 428 g/mol. The number of aryl methyl sites for hydroxylation is 4. The highest BCUT2D eigenvalue weighted by Crippen LogP contribution is 2.39. The zero-order valence-corrected chi connectivity index (χ0v) is 18.7. The van der Waals surface area contributed by atoms with E-state index in [2.05, 4.69) is 0 Å². The molecule has 4 nitrogen and oxygen atoms in total. The lowest BCUT2D eigenvalue weighted by atomic mass is 9.99. The van der Waals surface area contributed by atoms with Gasteiger partial charge in [0.2, 0.25) is 0 Å². The minimum Gasteiger partial charge on any atom is -0.507 e. The van der Waals surface area contributed by atoms with Crippen LogP contribution in [-0.4, -0.2) is 20.4 Å². The summed E-state index contributed by atoms with van der Waals surface area (Å²) in [6, 6.07) is 22.0. The van der Waals surface area contributed by atoms with Gasteiger partial charge in [-0.25, -0.2) is 0 Å². The van der Waals surface area contributed by atoms with Crippen molar-refractivity contribution in [2.24, 2.45) is 0 Å². The lowest BCUT2D eigenvalue weighted by molar-refractivity contribution is 0.465. The van der Waals surface area contributed by atoms with Gasteiger partial charge >= 0.3 is 0 Å². The van der Waals surface area contributed by atoms with E-state index in [-0.39, 0.29) is 23.0 Å². The SMILES string of the molecule is Cc1cccc(-c2cccc(C)c2O)c1O.Cc1cccc(-c2cccc(C)c2O)c1O. The molecular formula is C28H28O4. The fourth-order valence-corrected chi connectivity index (χ4v) is 3.51. The molecule has 0 bridgehead atoms. The molecule has 0 saturated carbocycles. The minimum absolute atomic E-state index is 0.225.